The van der Waals surface area contributed by atoms with Crippen molar-refractivity contribution >= 4 is 23.3 Å². The van der Waals surface area contributed by atoms with Crippen molar-refractivity contribution in [3.05, 3.63) is 22.7 Å². The third-order valence-electron chi connectivity index (χ3n) is 2.39. The van der Waals surface area contributed by atoms with E-state index in [0.29, 0.717) is 0 Å². The summed E-state index contributed by atoms with van der Waals surface area (Å²) in [5.74, 6) is -0.798. The predicted molar refractivity (Wildman–Crippen MR) is 59.7 cm³/mol. The number of H-pyrrole nitrogens is 1. The zero-order valence-electron chi connectivity index (χ0n) is 9.14. The van der Waals surface area contributed by atoms with Gasteiger partial charge in [-0.25, -0.2) is 4.39 Å². The molecule has 0 amide bonds. The minimum atomic E-state index is -4.41. The number of aromatic nitrogens is 2. The third-order valence-corrected chi connectivity index (χ3v) is 2.71. The van der Waals surface area contributed by atoms with Crippen LogP contribution in [0.4, 0.5) is 17.6 Å². The Hall–Kier alpha value is -1.57. The number of rotatable bonds is 2. The second-order valence-electron chi connectivity index (χ2n) is 3.64. The van der Waals surface area contributed by atoms with Gasteiger partial charge in [-0.05, 0) is 12.2 Å². The standard InChI is InChI=1S/C10H8F4N2OS/c1-17-8-3-7-6(2-5(8)11)15-9(18)16(7)4-10(12,13)14/h2-3H,4H2,1H3,(H,15,18). The number of nitrogens with zero attached hydrogens (tertiary/aromatic N) is 1. The minimum absolute atomic E-state index is 0.116. The molecule has 0 aliphatic rings. The smallest absolute Gasteiger partial charge is 0.406 e. The summed E-state index contributed by atoms with van der Waals surface area (Å²) in [5.41, 5.74) is 0.345. The van der Waals surface area contributed by atoms with Gasteiger partial charge in [0.2, 0.25) is 0 Å². The average molecular weight is 280 g/mol. The van der Waals surface area contributed by atoms with Gasteiger partial charge in [-0.1, -0.05) is 0 Å². The zero-order chi connectivity index (χ0) is 13.5. The molecule has 1 aromatic heterocycles. The van der Waals surface area contributed by atoms with Gasteiger partial charge in [-0.15, -0.1) is 0 Å². The van der Waals surface area contributed by atoms with Gasteiger partial charge in [0.05, 0.1) is 18.1 Å². The maximum Gasteiger partial charge on any atom is 0.406 e. The van der Waals surface area contributed by atoms with E-state index in [1.54, 1.807) is 0 Å². The summed E-state index contributed by atoms with van der Waals surface area (Å²) < 4.78 is 56.1. The monoisotopic (exact) mass is 280 g/mol. The molecule has 18 heavy (non-hydrogen) atoms. The maximum atomic E-state index is 13.4. The number of ether oxygens (including phenoxy) is 1. The molecule has 1 N–H and O–H groups in total. The molecule has 0 aliphatic carbocycles. The van der Waals surface area contributed by atoms with Crippen LogP contribution in [0.1, 0.15) is 0 Å². The first-order valence-corrected chi connectivity index (χ1v) is 5.25. The summed E-state index contributed by atoms with van der Waals surface area (Å²) in [6.07, 6.45) is -4.41. The Balaban J connectivity index is 2.66. The van der Waals surface area contributed by atoms with Crippen molar-refractivity contribution in [3.63, 3.8) is 0 Å². The highest BCUT2D eigenvalue weighted by molar-refractivity contribution is 7.71. The van der Waals surface area contributed by atoms with Crippen LogP contribution in [-0.2, 0) is 6.54 Å². The topological polar surface area (TPSA) is 29.9 Å². The number of fused-ring (bicyclic) bond motifs is 1. The first-order valence-electron chi connectivity index (χ1n) is 4.84. The summed E-state index contributed by atoms with van der Waals surface area (Å²) in [6, 6.07) is 2.24. The Morgan fingerprint density at radius 1 is 1.39 bits per heavy atom. The molecule has 98 valence electrons. The fourth-order valence-electron chi connectivity index (χ4n) is 1.65. The Kier molecular flexibility index (Phi) is 3.05. The fraction of sp³-hybridized carbons (Fsp3) is 0.300. The van der Waals surface area contributed by atoms with Gasteiger partial charge in [0.25, 0.3) is 0 Å². The number of methoxy groups -OCH3 is 1. The number of aromatic amines is 1. The fourth-order valence-corrected chi connectivity index (χ4v) is 1.92. The summed E-state index contributed by atoms with van der Waals surface area (Å²) in [4.78, 5) is 2.52. The van der Waals surface area contributed by atoms with E-state index in [9.17, 15) is 17.6 Å². The van der Waals surface area contributed by atoms with Crippen LogP contribution in [0.15, 0.2) is 12.1 Å². The van der Waals surface area contributed by atoms with Crippen molar-refractivity contribution in [1.29, 1.82) is 0 Å². The van der Waals surface area contributed by atoms with E-state index in [1.165, 1.54) is 13.2 Å². The van der Waals surface area contributed by atoms with Crippen molar-refractivity contribution in [2.24, 2.45) is 0 Å². The second-order valence-corrected chi connectivity index (χ2v) is 4.02. The molecule has 8 heteroatoms. The van der Waals surface area contributed by atoms with Gasteiger partial charge >= 0.3 is 6.18 Å². The van der Waals surface area contributed by atoms with E-state index in [-0.39, 0.29) is 21.6 Å². The first kappa shape index (κ1) is 12.9. The number of alkyl halides is 3. The van der Waals surface area contributed by atoms with Gasteiger partial charge in [0.15, 0.2) is 16.3 Å². The number of imidazole rings is 1. The molecular weight excluding hydrogens is 272 g/mol. The van der Waals surface area contributed by atoms with Gasteiger partial charge in [-0.3, -0.25) is 0 Å². The molecular formula is C10H8F4N2OS. The van der Waals surface area contributed by atoms with Gasteiger partial charge in [0.1, 0.15) is 6.54 Å². The lowest BCUT2D eigenvalue weighted by Gasteiger charge is -2.09. The van der Waals surface area contributed by atoms with E-state index in [0.717, 1.165) is 10.6 Å². The molecule has 0 bridgehead atoms. The molecule has 0 unspecified atom stereocenters. The van der Waals surface area contributed by atoms with E-state index in [1.807, 2.05) is 0 Å². The van der Waals surface area contributed by atoms with Crippen molar-refractivity contribution in [2.45, 2.75) is 12.7 Å². The lowest BCUT2D eigenvalue weighted by Crippen LogP contribution is -2.17. The quantitative estimate of drug-likeness (QED) is 0.675. The molecule has 0 fully saturated rings. The van der Waals surface area contributed by atoms with Crippen molar-refractivity contribution in [2.75, 3.05) is 7.11 Å². The van der Waals surface area contributed by atoms with Crippen LogP contribution < -0.4 is 4.74 Å². The molecule has 1 heterocycles. The molecule has 1 aromatic carbocycles. The predicted octanol–water partition coefficient (Wildman–Crippen LogP) is 3.41. The van der Waals surface area contributed by atoms with Crippen molar-refractivity contribution in [1.82, 2.24) is 9.55 Å². The maximum absolute atomic E-state index is 13.4. The number of hydrogen-bond donors (Lipinski definition) is 1. The highest BCUT2D eigenvalue weighted by atomic mass is 32.1. The van der Waals surface area contributed by atoms with Crippen LogP contribution in [0, 0.1) is 10.6 Å². The summed E-state index contributed by atoms with van der Waals surface area (Å²) in [5, 5.41) is 0. The van der Waals surface area contributed by atoms with Crippen molar-refractivity contribution < 1.29 is 22.3 Å². The lowest BCUT2D eigenvalue weighted by atomic mass is 10.3. The normalized spacial score (nSPS) is 12.1. The Morgan fingerprint density at radius 2 is 2.06 bits per heavy atom. The number of benzene rings is 1. The van der Waals surface area contributed by atoms with Gasteiger partial charge in [-0.2, -0.15) is 13.2 Å². The molecule has 3 nitrogen and oxygen atoms in total. The highest BCUT2D eigenvalue weighted by Gasteiger charge is 2.29. The molecule has 2 aromatic rings. The second kappa shape index (κ2) is 4.27. The summed E-state index contributed by atoms with van der Waals surface area (Å²) in [7, 11) is 1.24. The van der Waals surface area contributed by atoms with Crippen LogP contribution in [-0.4, -0.2) is 22.8 Å². The molecule has 0 saturated heterocycles. The minimum Gasteiger partial charge on any atom is -0.494 e. The average Bonchev–Trinajstić information content (AvgIpc) is 2.52. The van der Waals surface area contributed by atoms with Crippen LogP contribution in [0.3, 0.4) is 0 Å². The van der Waals surface area contributed by atoms with Crippen LogP contribution in [0.5, 0.6) is 5.75 Å². The zero-order valence-corrected chi connectivity index (χ0v) is 9.95. The third kappa shape index (κ3) is 2.33. The molecule has 0 radical (unpaired) electrons. The highest BCUT2D eigenvalue weighted by Crippen LogP contribution is 2.27. The Morgan fingerprint density at radius 3 is 2.61 bits per heavy atom. The van der Waals surface area contributed by atoms with E-state index in [4.69, 9.17) is 17.0 Å². The SMILES string of the molecule is COc1cc2c(cc1F)[nH]c(=S)n2CC(F)(F)F. The molecule has 0 saturated carbocycles. The van der Waals surface area contributed by atoms with Crippen LogP contribution in [0.25, 0.3) is 11.0 Å². The number of hydrogen-bond acceptors (Lipinski definition) is 2. The first-order chi connectivity index (χ1) is 8.31. The number of halogens is 4. The molecule has 0 aliphatic heterocycles. The summed E-state index contributed by atoms with van der Waals surface area (Å²) >= 11 is 4.79. The van der Waals surface area contributed by atoms with E-state index >= 15 is 0 Å². The van der Waals surface area contributed by atoms with Crippen LogP contribution >= 0.6 is 12.2 Å². The van der Waals surface area contributed by atoms with Gasteiger partial charge < -0.3 is 14.3 Å². The van der Waals surface area contributed by atoms with Crippen molar-refractivity contribution in [3.8, 4) is 5.75 Å². The van der Waals surface area contributed by atoms with E-state index < -0.39 is 18.5 Å². The summed E-state index contributed by atoms with van der Waals surface area (Å²) in [6.45, 7) is -1.24. The molecule has 0 atom stereocenters. The molecule has 2 rings (SSSR count). The lowest BCUT2D eigenvalue weighted by molar-refractivity contribution is -0.140. The molecule has 0 spiro atoms. The Bertz CT molecular complexity index is 644. The number of nitrogens with one attached hydrogen (secondary N) is 1. The Labute approximate surface area is 104 Å². The van der Waals surface area contributed by atoms with Crippen LogP contribution in [0.2, 0.25) is 0 Å². The van der Waals surface area contributed by atoms with E-state index in [2.05, 4.69) is 4.98 Å². The largest absolute Gasteiger partial charge is 0.494 e. The van der Waals surface area contributed by atoms with Gasteiger partial charge in [0, 0.05) is 12.1 Å².